The summed E-state index contributed by atoms with van der Waals surface area (Å²) in [6, 6.07) is 3.11. The summed E-state index contributed by atoms with van der Waals surface area (Å²) in [6.07, 6.45) is 6.00. The third-order valence-corrected chi connectivity index (χ3v) is 3.86. The van der Waals surface area contributed by atoms with E-state index in [-0.39, 0.29) is 5.54 Å². The van der Waals surface area contributed by atoms with Crippen LogP contribution in [0.2, 0.25) is 0 Å². The largest absolute Gasteiger partial charge is 0.303 e. The van der Waals surface area contributed by atoms with Crippen LogP contribution in [-0.4, -0.2) is 36.6 Å². The maximum absolute atomic E-state index is 9.02. The first-order valence-corrected chi connectivity index (χ1v) is 6.45. The number of nitrogens with zero attached hydrogens (tertiary/aromatic N) is 2. The van der Waals surface area contributed by atoms with Crippen molar-refractivity contribution in [3.05, 3.63) is 0 Å². The average molecular weight is 223 g/mol. The van der Waals surface area contributed by atoms with Crippen LogP contribution in [0.3, 0.4) is 0 Å². The number of nitriles is 1. The number of nitrogens with one attached hydrogen (secondary N) is 1. The van der Waals surface area contributed by atoms with Gasteiger partial charge in [-0.25, -0.2) is 0 Å². The van der Waals surface area contributed by atoms with E-state index < -0.39 is 0 Å². The van der Waals surface area contributed by atoms with Crippen molar-refractivity contribution in [2.75, 3.05) is 20.1 Å². The third kappa shape index (κ3) is 3.77. The van der Waals surface area contributed by atoms with E-state index >= 15 is 0 Å². The molecule has 3 nitrogen and oxygen atoms in total. The Morgan fingerprint density at radius 3 is 2.75 bits per heavy atom. The number of hydrogen-bond donors (Lipinski definition) is 1. The Morgan fingerprint density at radius 2 is 2.25 bits per heavy atom. The molecule has 16 heavy (non-hydrogen) atoms. The number of hydrogen-bond acceptors (Lipinski definition) is 3. The SMILES string of the molecule is CNC(C)(C#N)CCCCN1CCCC1C. The third-order valence-electron chi connectivity index (χ3n) is 3.86. The predicted octanol–water partition coefficient (Wildman–Crippen LogP) is 2.14. The van der Waals surface area contributed by atoms with Crippen LogP contribution < -0.4 is 5.32 Å². The van der Waals surface area contributed by atoms with Crippen LogP contribution in [0.25, 0.3) is 0 Å². The van der Waals surface area contributed by atoms with Crippen LogP contribution in [0.1, 0.15) is 46.0 Å². The quantitative estimate of drug-likeness (QED) is 0.701. The summed E-state index contributed by atoms with van der Waals surface area (Å²) < 4.78 is 0. The summed E-state index contributed by atoms with van der Waals surface area (Å²) in [7, 11) is 1.87. The van der Waals surface area contributed by atoms with E-state index in [1.54, 1.807) is 0 Å². The highest BCUT2D eigenvalue weighted by Crippen LogP contribution is 2.18. The smallest absolute Gasteiger partial charge is 0.103 e. The van der Waals surface area contributed by atoms with Gasteiger partial charge in [0.05, 0.1) is 6.07 Å². The van der Waals surface area contributed by atoms with Crippen molar-refractivity contribution in [3.63, 3.8) is 0 Å². The second-order valence-corrected chi connectivity index (χ2v) is 5.18. The molecule has 0 bridgehead atoms. The van der Waals surface area contributed by atoms with Crippen LogP contribution in [-0.2, 0) is 0 Å². The maximum atomic E-state index is 9.02. The second kappa shape index (κ2) is 6.22. The fourth-order valence-corrected chi connectivity index (χ4v) is 2.36. The van der Waals surface area contributed by atoms with Crippen molar-refractivity contribution in [2.45, 2.75) is 57.5 Å². The summed E-state index contributed by atoms with van der Waals surface area (Å²) in [4.78, 5) is 2.57. The summed E-state index contributed by atoms with van der Waals surface area (Å²) in [5.74, 6) is 0. The second-order valence-electron chi connectivity index (χ2n) is 5.18. The standard InChI is InChI=1S/C13H25N3/c1-12-7-6-10-16(12)9-5-4-8-13(2,11-14)15-3/h12,15H,4-10H2,1-3H3. The van der Waals surface area contributed by atoms with Crippen molar-refractivity contribution in [1.82, 2.24) is 10.2 Å². The normalized spacial score (nSPS) is 25.2. The van der Waals surface area contributed by atoms with E-state index in [9.17, 15) is 0 Å². The Balaban J connectivity index is 2.14. The van der Waals surface area contributed by atoms with E-state index in [2.05, 4.69) is 23.2 Å². The highest BCUT2D eigenvalue weighted by atomic mass is 15.2. The minimum atomic E-state index is -0.337. The van der Waals surface area contributed by atoms with Crippen molar-refractivity contribution in [1.29, 1.82) is 5.26 Å². The number of rotatable bonds is 6. The number of unbranched alkanes of at least 4 members (excludes halogenated alkanes) is 1. The molecule has 0 aromatic heterocycles. The molecule has 1 heterocycles. The lowest BCUT2D eigenvalue weighted by atomic mass is 9.97. The van der Waals surface area contributed by atoms with E-state index in [4.69, 9.17) is 5.26 Å². The van der Waals surface area contributed by atoms with E-state index in [0.29, 0.717) is 0 Å². The van der Waals surface area contributed by atoms with Crippen LogP contribution in [0.15, 0.2) is 0 Å². The number of likely N-dealkylation sites (tertiary alicyclic amines) is 1. The molecule has 1 N–H and O–H groups in total. The first-order valence-electron chi connectivity index (χ1n) is 6.45. The molecule has 2 atom stereocenters. The van der Waals surface area contributed by atoms with Crippen LogP contribution in [0.4, 0.5) is 0 Å². The van der Waals surface area contributed by atoms with Gasteiger partial charge in [-0.05, 0) is 66.1 Å². The summed E-state index contributed by atoms with van der Waals surface area (Å²) in [6.45, 7) is 6.76. The van der Waals surface area contributed by atoms with Crippen molar-refractivity contribution < 1.29 is 0 Å². The first kappa shape index (κ1) is 13.5. The van der Waals surface area contributed by atoms with Gasteiger partial charge >= 0.3 is 0 Å². The lowest BCUT2D eigenvalue weighted by Gasteiger charge is -2.23. The highest BCUT2D eigenvalue weighted by molar-refractivity contribution is 5.02. The molecule has 3 heteroatoms. The zero-order chi connectivity index (χ0) is 12.0. The van der Waals surface area contributed by atoms with Gasteiger partial charge in [0.1, 0.15) is 5.54 Å². The fraction of sp³-hybridized carbons (Fsp3) is 0.923. The van der Waals surface area contributed by atoms with Gasteiger partial charge in [0.2, 0.25) is 0 Å². The summed E-state index contributed by atoms with van der Waals surface area (Å²) in [5, 5.41) is 12.1. The van der Waals surface area contributed by atoms with Gasteiger partial charge in [-0.2, -0.15) is 5.26 Å². The molecule has 1 rings (SSSR count). The molecule has 1 saturated heterocycles. The van der Waals surface area contributed by atoms with Gasteiger partial charge < -0.3 is 10.2 Å². The Labute approximate surface area is 99.8 Å². The fourth-order valence-electron chi connectivity index (χ4n) is 2.36. The topological polar surface area (TPSA) is 39.1 Å². The molecule has 2 unspecified atom stereocenters. The Bertz CT molecular complexity index is 246. The zero-order valence-electron chi connectivity index (χ0n) is 10.9. The van der Waals surface area contributed by atoms with Gasteiger partial charge in [-0.3, -0.25) is 0 Å². The van der Waals surface area contributed by atoms with Gasteiger partial charge in [-0.15, -0.1) is 0 Å². The summed E-state index contributed by atoms with van der Waals surface area (Å²) in [5.41, 5.74) is -0.337. The molecule has 0 saturated carbocycles. The lowest BCUT2D eigenvalue weighted by Crippen LogP contribution is -2.38. The molecule has 1 fully saturated rings. The monoisotopic (exact) mass is 223 g/mol. The minimum absolute atomic E-state index is 0.337. The molecular weight excluding hydrogens is 198 g/mol. The molecule has 0 spiro atoms. The molecule has 92 valence electrons. The van der Waals surface area contributed by atoms with Crippen LogP contribution >= 0.6 is 0 Å². The lowest BCUT2D eigenvalue weighted by molar-refractivity contribution is 0.259. The van der Waals surface area contributed by atoms with Gasteiger partial charge in [0.15, 0.2) is 0 Å². The van der Waals surface area contributed by atoms with Crippen molar-refractivity contribution in [2.24, 2.45) is 0 Å². The Kier molecular flexibility index (Phi) is 5.24. The van der Waals surface area contributed by atoms with Crippen LogP contribution in [0.5, 0.6) is 0 Å². The van der Waals surface area contributed by atoms with Crippen molar-refractivity contribution in [3.8, 4) is 6.07 Å². The van der Waals surface area contributed by atoms with E-state index in [1.165, 1.54) is 32.4 Å². The molecule has 1 aliphatic rings. The predicted molar refractivity (Wildman–Crippen MR) is 67.2 cm³/mol. The van der Waals surface area contributed by atoms with Gasteiger partial charge in [0, 0.05) is 6.04 Å². The molecule has 1 aliphatic heterocycles. The Hall–Kier alpha value is -0.590. The molecular formula is C13H25N3. The molecule has 0 aliphatic carbocycles. The Morgan fingerprint density at radius 1 is 1.50 bits per heavy atom. The molecule has 0 aromatic rings. The van der Waals surface area contributed by atoms with Gasteiger partial charge in [-0.1, -0.05) is 0 Å². The van der Waals surface area contributed by atoms with E-state index in [1.807, 2.05) is 14.0 Å². The van der Waals surface area contributed by atoms with Crippen LogP contribution in [0, 0.1) is 11.3 Å². The molecule has 0 radical (unpaired) electrons. The van der Waals surface area contributed by atoms with E-state index in [0.717, 1.165) is 18.9 Å². The maximum Gasteiger partial charge on any atom is 0.103 e. The molecule has 0 amide bonds. The van der Waals surface area contributed by atoms with Crippen molar-refractivity contribution >= 4 is 0 Å². The molecule has 0 aromatic carbocycles. The zero-order valence-corrected chi connectivity index (χ0v) is 10.9. The first-order chi connectivity index (χ1) is 7.61. The minimum Gasteiger partial charge on any atom is -0.303 e. The highest BCUT2D eigenvalue weighted by Gasteiger charge is 2.22. The van der Waals surface area contributed by atoms with Gasteiger partial charge in [0.25, 0.3) is 0 Å². The summed E-state index contributed by atoms with van der Waals surface area (Å²) >= 11 is 0. The average Bonchev–Trinajstić information content (AvgIpc) is 2.70.